The molecule has 0 aromatic heterocycles. The van der Waals surface area contributed by atoms with Gasteiger partial charge in [-0.05, 0) is 0 Å². The molecule has 2 atom stereocenters. The Morgan fingerprint density at radius 1 is 1.09 bits per heavy atom. The second-order valence-electron chi connectivity index (χ2n) is 16.6. The predicted octanol–water partition coefficient (Wildman–Crippen LogP) is 1.46. The minimum atomic E-state index is -4.81. The number of benzene rings is 1. The van der Waals surface area contributed by atoms with Crippen molar-refractivity contribution >= 4 is 35.8 Å². The van der Waals surface area contributed by atoms with Crippen molar-refractivity contribution in [1.82, 2.24) is 0 Å². The SMILES string of the molecule is CCCCC1=C[CH]([Zr-6]([CH3])([CH3])([CH3])([CH3])(=[SiH2])(=[SiH2])[CH]2C(C)=Cc3c2cc2c(c3Br)CCC2)C=C1.[Cl-].[Cl-]. The Morgan fingerprint density at radius 3 is 2.38 bits per heavy atom. The van der Waals surface area contributed by atoms with E-state index in [4.69, 9.17) is 0 Å². The predicted molar refractivity (Wildman–Crippen MR) is 144 cm³/mol. The van der Waals surface area contributed by atoms with Gasteiger partial charge in [-0.1, -0.05) is 0 Å². The van der Waals surface area contributed by atoms with Crippen LogP contribution in [0.2, 0.25) is 22.2 Å². The summed E-state index contributed by atoms with van der Waals surface area (Å²) in [6.07, 6.45) is 17.8. The molecule has 0 saturated heterocycles. The fraction of sp³-hybridized carbons (Fsp3) is 0.538. The van der Waals surface area contributed by atoms with Crippen molar-refractivity contribution in [3.63, 3.8) is 0 Å². The molecule has 1 aromatic carbocycles. The molecule has 0 saturated carbocycles. The third-order valence-corrected chi connectivity index (χ3v) is 41.4. The standard InChI is InChI=1S/C13H12Br.C9H13.4CH3.2ClH.2H2Si.Zr/c1-8-5-10-7-9-3-2-4-11(9)13(14)12(10)6-8;1-2-3-6-9-7-4-5-8-9;;;;;;;;;/h5-7H,2-4H2,1H3;4-5,7-8H,2-3,6H2,1H3;4*1H3;2*1H;2*1H2;/q;;;;;;;;;;-6/p-2. The molecule has 3 aliphatic carbocycles. The molecule has 3 aliphatic rings. The molecule has 0 bridgehead atoms. The summed E-state index contributed by atoms with van der Waals surface area (Å²) in [5.41, 5.74) is 9.38. The molecular formula is C26H41BrCl2Si2Zr-8. The Hall–Kier alpha value is 0.817. The average Bonchev–Trinajstić information content (AvgIpc) is 3.29. The van der Waals surface area contributed by atoms with Gasteiger partial charge in [0.2, 0.25) is 0 Å². The van der Waals surface area contributed by atoms with Gasteiger partial charge in [0, 0.05) is 0 Å². The monoisotopic (exact) mass is 648 g/mol. The van der Waals surface area contributed by atoms with E-state index >= 15 is 0 Å². The number of unbranched alkanes of at least 4 members (excludes halogenated alkanes) is 1. The van der Waals surface area contributed by atoms with Crippen molar-refractivity contribution in [2.24, 2.45) is 0 Å². The number of aryl methyl sites for hydroxylation is 1. The molecule has 0 aliphatic heterocycles. The van der Waals surface area contributed by atoms with E-state index in [9.17, 15) is 0 Å². The Bertz CT molecular complexity index is 1350. The maximum atomic E-state index is 4.05. The molecule has 0 nitrogen and oxygen atoms in total. The van der Waals surface area contributed by atoms with Crippen LogP contribution in [0.4, 0.5) is 0 Å². The Balaban J connectivity index is 0.00000181. The van der Waals surface area contributed by atoms with Gasteiger partial charge in [-0.15, -0.1) is 0 Å². The maximum Gasteiger partial charge on any atom is -1.00 e. The van der Waals surface area contributed by atoms with Crippen LogP contribution in [-0.4, -0.2) is 13.8 Å². The van der Waals surface area contributed by atoms with Crippen molar-refractivity contribution in [3.05, 3.63) is 62.2 Å². The first kappa shape index (κ1) is 29.0. The molecule has 2 unspecified atom stereocenters. The summed E-state index contributed by atoms with van der Waals surface area (Å²) in [7, 11) is 0. The van der Waals surface area contributed by atoms with E-state index in [0.29, 0.717) is 7.25 Å². The number of allylic oxidation sites excluding steroid dienone is 5. The first-order valence-electron chi connectivity index (χ1n) is 12.1. The van der Waals surface area contributed by atoms with Gasteiger partial charge in [0.05, 0.1) is 0 Å². The fourth-order valence-corrected chi connectivity index (χ4v) is 36.6. The molecular weight excluding hydrogens is 610 g/mol. The van der Waals surface area contributed by atoms with Crippen molar-refractivity contribution < 1.29 is 36.4 Å². The van der Waals surface area contributed by atoms with E-state index in [0.717, 1.165) is 0 Å². The number of rotatable bonds is 5. The van der Waals surface area contributed by atoms with Crippen molar-refractivity contribution in [1.29, 1.82) is 0 Å². The zero-order valence-corrected chi connectivity index (χ0v) is 29.2. The molecule has 186 valence electrons. The maximum absolute atomic E-state index is 4.81. The second kappa shape index (κ2) is 6.77. The average molecular weight is 652 g/mol. The molecule has 0 N–H and O–H groups in total. The molecule has 6 heteroatoms. The van der Waals surface area contributed by atoms with Crippen molar-refractivity contribution in [3.8, 4) is 0 Å². The minimum Gasteiger partial charge on any atom is -1.00 e. The Morgan fingerprint density at radius 2 is 1.75 bits per heavy atom. The van der Waals surface area contributed by atoms with Crippen LogP contribution in [0.5, 0.6) is 0 Å². The smallest absolute Gasteiger partial charge is 1.00 e. The first-order valence-corrected chi connectivity index (χ1v) is 37.4. The van der Waals surface area contributed by atoms with E-state index in [1.54, 1.807) is 27.8 Å². The van der Waals surface area contributed by atoms with E-state index in [-0.39, 0.29) is 24.8 Å². The van der Waals surface area contributed by atoms with Crippen LogP contribution in [0.1, 0.15) is 65.4 Å². The summed E-state index contributed by atoms with van der Waals surface area (Å²) in [5, 5.41) is 0. The summed E-state index contributed by atoms with van der Waals surface area (Å²) in [4.78, 5) is 0. The zero-order valence-electron chi connectivity index (χ0n) is 20.8. The van der Waals surface area contributed by atoms with Gasteiger partial charge in [-0.25, -0.2) is 0 Å². The van der Waals surface area contributed by atoms with E-state index in [1.165, 1.54) is 48.6 Å². The minimum absolute atomic E-state index is 0. The van der Waals surface area contributed by atoms with Gasteiger partial charge in [-0.3, -0.25) is 0 Å². The van der Waals surface area contributed by atoms with Crippen LogP contribution in [0.15, 0.2) is 39.9 Å². The van der Waals surface area contributed by atoms with E-state index in [1.807, 2.05) is 0 Å². The van der Waals surface area contributed by atoms with E-state index < -0.39 is 11.6 Å². The molecule has 0 heterocycles. The molecule has 1 aromatic rings. The molecule has 0 amide bonds. The van der Waals surface area contributed by atoms with Gasteiger partial charge < -0.3 is 24.8 Å². The Kier molecular flexibility index (Phi) is 6.14. The van der Waals surface area contributed by atoms with Gasteiger partial charge in [0.1, 0.15) is 0 Å². The zero-order chi connectivity index (χ0) is 22.3. The summed E-state index contributed by atoms with van der Waals surface area (Å²) in [6.45, 7) is 9.59. The Labute approximate surface area is 210 Å². The number of hydrogen-bond acceptors (Lipinski definition) is 0. The quantitative estimate of drug-likeness (QED) is 0.424. The van der Waals surface area contributed by atoms with Crippen molar-refractivity contribution in [2.75, 3.05) is 0 Å². The molecule has 4 rings (SSSR count). The van der Waals surface area contributed by atoms with Crippen LogP contribution in [-0.2, 0) is 24.4 Å². The summed E-state index contributed by atoms with van der Waals surface area (Å²) < 4.78 is 13.4. The van der Waals surface area contributed by atoms with Crippen LogP contribution in [0.3, 0.4) is 0 Å². The molecule has 32 heavy (non-hydrogen) atoms. The molecule has 0 radical (unpaired) electrons. The van der Waals surface area contributed by atoms with Gasteiger partial charge in [-0.2, -0.15) is 0 Å². The molecule has 0 spiro atoms. The van der Waals surface area contributed by atoms with Gasteiger partial charge in [0.15, 0.2) is 0 Å². The second-order valence-corrected chi connectivity index (χ2v) is 121. The summed E-state index contributed by atoms with van der Waals surface area (Å²) in [5.74, 6) is 0. The van der Waals surface area contributed by atoms with Crippen LogP contribution in [0, 0.1) is 0 Å². The topological polar surface area (TPSA) is 0 Å². The largest absolute Gasteiger partial charge is 1.00 e. The van der Waals surface area contributed by atoms with Crippen molar-refractivity contribution in [2.45, 2.75) is 78.2 Å². The van der Waals surface area contributed by atoms with Gasteiger partial charge in [0.25, 0.3) is 0 Å². The third kappa shape index (κ3) is 4.30. The number of hydrogen-bond donors (Lipinski definition) is 0. The normalized spacial score (nSPS) is 26.2. The van der Waals surface area contributed by atoms with Crippen LogP contribution in [0.25, 0.3) is 6.08 Å². The fourth-order valence-electron chi connectivity index (χ4n) is 7.35. The molecule has 0 fully saturated rings. The number of fused-ring (bicyclic) bond motifs is 2. The van der Waals surface area contributed by atoms with E-state index in [2.05, 4.69) is 92.4 Å². The van der Waals surface area contributed by atoms with Crippen LogP contribution >= 0.6 is 15.9 Å². The third-order valence-electron chi connectivity index (χ3n) is 9.00. The van der Waals surface area contributed by atoms with Crippen LogP contribution < -0.4 is 24.8 Å². The number of halogens is 3. The van der Waals surface area contributed by atoms with Gasteiger partial charge >= 0.3 is 188 Å². The summed E-state index contributed by atoms with van der Waals surface area (Å²) in [6, 6.07) is 2.62. The first-order chi connectivity index (χ1) is 13.4. The summed E-state index contributed by atoms with van der Waals surface area (Å²) >= 11 is -0.760.